The van der Waals surface area contributed by atoms with Gasteiger partial charge in [0.2, 0.25) is 0 Å². The minimum atomic E-state index is -0.186. The molecule has 0 atom stereocenters. The summed E-state index contributed by atoms with van der Waals surface area (Å²) < 4.78 is 0. The van der Waals surface area contributed by atoms with Gasteiger partial charge in [0, 0.05) is 5.02 Å². The van der Waals surface area contributed by atoms with Crippen molar-refractivity contribution in [2.45, 2.75) is 12.1 Å². The molecule has 0 aliphatic heterocycles. The molecule has 7 heteroatoms. The van der Waals surface area contributed by atoms with Crippen LogP contribution in [0.1, 0.15) is 12.5 Å². The van der Waals surface area contributed by atoms with Crippen LogP contribution < -0.4 is 5.43 Å². The maximum absolute atomic E-state index is 11.9. The van der Waals surface area contributed by atoms with Gasteiger partial charge >= 0.3 is 0 Å². The van der Waals surface area contributed by atoms with Crippen LogP contribution in [0, 0.1) is 0 Å². The molecule has 1 amide bonds. The molecule has 5 nitrogen and oxygen atoms in total. The van der Waals surface area contributed by atoms with Crippen molar-refractivity contribution in [1.29, 1.82) is 0 Å². The van der Waals surface area contributed by atoms with E-state index >= 15 is 0 Å². The zero-order valence-corrected chi connectivity index (χ0v) is 14.5. The van der Waals surface area contributed by atoms with Crippen LogP contribution in [0.15, 0.2) is 58.8 Å². The number of halogens is 1. The largest absolute Gasteiger partial charge is 0.333 e. The molecule has 0 radical (unpaired) electrons. The molecule has 0 aliphatic carbocycles. The van der Waals surface area contributed by atoms with Crippen molar-refractivity contribution >= 4 is 46.0 Å². The Morgan fingerprint density at radius 3 is 2.75 bits per heavy atom. The Labute approximate surface area is 148 Å². The van der Waals surface area contributed by atoms with Crippen LogP contribution >= 0.6 is 23.4 Å². The molecule has 0 spiro atoms. The van der Waals surface area contributed by atoms with Gasteiger partial charge in [0.15, 0.2) is 5.16 Å². The van der Waals surface area contributed by atoms with E-state index in [2.05, 4.69) is 20.5 Å². The number of carbonyl (C=O) groups is 1. The van der Waals surface area contributed by atoms with Crippen LogP contribution in [0.2, 0.25) is 5.02 Å². The average Bonchev–Trinajstić information content (AvgIpc) is 3.01. The van der Waals surface area contributed by atoms with Crippen LogP contribution in [0.25, 0.3) is 11.0 Å². The zero-order chi connectivity index (χ0) is 16.9. The standard InChI is InChI=1S/C17H15ClN4OS/c1-11(12-6-8-13(18)9-7-12)21-22-16(23)10-24-17-19-14-4-2-3-5-15(14)20-17/h2-9H,10H2,1H3,(H,19,20)(H,22,23). The first-order valence-electron chi connectivity index (χ1n) is 7.28. The molecule has 3 aromatic rings. The number of para-hydroxylation sites is 2. The number of fused-ring (bicyclic) bond motifs is 1. The molecule has 1 aromatic heterocycles. The third-order valence-electron chi connectivity index (χ3n) is 3.32. The van der Waals surface area contributed by atoms with Gasteiger partial charge in [-0.3, -0.25) is 4.79 Å². The molecular weight excluding hydrogens is 344 g/mol. The number of rotatable bonds is 5. The third-order valence-corrected chi connectivity index (χ3v) is 4.44. The Bertz CT molecular complexity index is 856. The van der Waals surface area contributed by atoms with E-state index in [-0.39, 0.29) is 11.7 Å². The monoisotopic (exact) mass is 358 g/mol. The molecule has 3 rings (SSSR count). The molecule has 1 heterocycles. The van der Waals surface area contributed by atoms with Gasteiger partial charge in [0.05, 0.1) is 22.5 Å². The Morgan fingerprint density at radius 1 is 1.25 bits per heavy atom. The predicted octanol–water partition coefficient (Wildman–Crippen LogP) is 3.85. The Kier molecular flexibility index (Phi) is 5.17. The molecule has 2 N–H and O–H groups in total. The molecule has 122 valence electrons. The Hall–Kier alpha value is -2.31. The third kappa shape index (κ3) is 4.15. The first-order chi connectivity index (χ1) is 11.6. The van der Waals surface area contributed by atoms with Gasteiger partial charge < -0.3 is 4.98 Å². The zero-order valence-electron chi connectivity index (χ0n) is 12.9. The number of aromatic amines is 1. The molecule has 0 saturated carbocycles. The van der Waals surface area contributed by atoms with Crippen molar-refractivity contribution in [2.24, 2.45) is 5.10 Å². The van der Waals surface area contributed by atoms with Gasteiger partial charge in [0.25, 0.3) is 5.91 Å². The van der Waals surface area contributed by atoms with Crippen molar-refractivity contribution in [3.05, 3.63) is 59.1 Å². The maximum Gasteiger partial charge on any atom is 0.250 e. The first kappa shape index (κ1) is 16.5. The Morgan fingerprint density at radius 2 is 2.00 bits per heavy atom. The lowest BCUT2D eigenvalue weighted by molar-refractivity contribution is -0.118. The summed E-state index contributed by atoms with van der Waals surface area (Å²) in [6.07, 6.45) is 0. The maximum atomic E-state index is 11.9. The van der Waals surface area contributed by atoms with E-state index in [4.69, 9.17) is 11.6 Å². The summed E-state index contributed by atoms with van der Waals surface area (Å²) in [5, 5.41) is 5.49. The molecule has 0 saturated heterocycles. The second-order valence-electron chi connectivity index (χ2n) is 5.09. The van der Waals surface area contributed by atoms with Crippen LogP contribution in [0.5, 0.6) is 0 Å². The van der Waals surface area contributed by atoms with Crippen LogP contribution in [0.4, 0.5) is 0 Å². The summed E-state index contributed by atoms with van der Waals surface area (Å²) in [4.78, 5) is 19.5. The number of hydrogen-bond acceptors (Lipinski definition) is 4. The van der Waals surface area contributed by atoms with E-state index in [9.17, 15) is 4.79 Å². The van der Waals surface area contributed by atoms with E-state index in [1.807, 2.05) is 43.3 Å². The van der Waals surface area contributed by atoms with E-state index in [0.717, 1.165) is 16.6 Å². The lowest BCUT2D eigenvalue weighted by Gasteiger charge is -2.02. The predicted molar refractivity (Wildman–Crippen MR) is 98.6 cm³/mol. The second-order valence-corrected chi connectivity index (χ2v) is 6.49. The quantitative estimate of drug-likeness (QED) is 0.413. The minimum absolute atomic E-state index is 0.186. The van der Waals surface area contributed by atoms with Gasteiger partial charge in [-0.2, -0.15) is 5.10 Å². The number of thioether (sulfide) groups is 1. The summed E-state index contributed by atoms with van der Waals surface area (Å²) in [5.74, 6) is 0.0470. The lowest BCUT2D eigenvalue weighted by Crippen LogP contribution is -2.21. The Balaban J connectivity index is 1.55. The van der Waals surface area contributed by atoms with Crippen molar-refractivity contribution in [3.63, 3.8) is 0 Å². The van der Waals surface area contributed by atoms with Crippen molar-refractivity contribution in [2.75, 3.05) is 5.75 Å². The first-order valence-corrected chi connectivity index (χ1v) is 8.65. The van der Waals surface area contributed by atoms with Crippen LogP contribution in [-0.2, 0) is 4.79 Å². The van der Waals surface area contributed by atoms with Gasteiger partial charge in [-0.05, 0) is 36.8 Å². The second kappa shape index (κ2) is 7.51. The van der Waals surface area contributed by atoms with E-state index in [1.54, 1.807) is 12.1 Å². The highest BCUT2D eigenvalue weighted by Gasteiger charge is 2.06. The van der Waals surface area contributed by atoms with Gasteiger partial charge in [0.1, 0.15) is 0 Å². The number of imidazole rings is 1. The fraction of sp³-hybridized carbons (Fsp3) is 0.118. The topological polar surface area (TPSA) is 70.1 Å². The highest BCUT2D eigenvalue weighted by molar-refractivity contribution is 7.99. The average molecular weight is 359 g/mol. The molecule has 0 unspecified atom stereocenters. The number of benzene rings is 2. The van der Waals surface area contributed by atoms with Crippen molar-refractivity contribution < 1.29 is 4.79 Å². The molecule has 0 bridgehead atoms. The molecule has 2 aromatic carbocycles. The smallest absolute Gasteiger partial charge is 0.250 e. The molecule has 0 aliphatic rings. The van der Waals surface area contributed by atoms with E-state index < -0.39 is 0 Å². The number of aromatic nitrogens is 2. The fourth-order valence-electron chi connectivity index (χ4n) is 2.07. The summed E-state index contributed by atoms with van der Waals surface area (Å²) in [5.41, 5.74) is 6.02. The summed E-state index contributed by atoms with van der Waals surface area (Å²) in [7, 11) is 0. The number of amides is 1. The van der Waals surface area contributed by atoms with Crippen LogP contribution in [-0.4, -0.2) is 27.3 Å². The SMILES string of the molecule is CC(=NNC(=O)CSc1nc2ccccc2[nH]1)c1ccc(Cl)cc1. The number of carbonyl (C=O) groups excluding carboxylic acids is 1. The highest BCUT2D eigenvalue weighted by atomic mass is 35.5. The molecular formula is C17H15ClN4OS. The number of hydrogen-bond donors (Lipinski definition) is 2. The minimum Gasteiger partial charge on any atom is -0.333 e. The van der Waals surface area contributed by atoms with Crippen LogP contribution in [0.3, 0.4) is 0 Å². The number of nitrogens with one attached hydrogen (secondary N) is 2. The number of hydrazone groups is 1. The highest BCUT2D eigenvalue weighted by Crippen LogP contribution is 2.18. The van der Waals surface area contributed by atoms with Gasteiger partial charge in [-0.15, -0.1) is 0 Å². The number of H-pyrrole nitrogens is 1. The fourth-order valence-corrected chi connectivity index (χ4v) is 2.87. The molecule has 0 fully saturated rings. The normalized spacial score (nSPS) is 11.7. The molecule has 24 heavy (non-hydrogen) atoms. The van der Waals surface area contributed by atoms with E-state index in [1.165, 1.54) is 11.8 Å². The number of nitrogens with zero attached hydrogens (tertiary/aromatic N) is 2. The lowest BCUT2D eigenvalue weighted by atomic mass is 10.1. The van der Waals surface area contributed by atoms with E-state index in [0.29, 0.717) is 15.9 Å². The summed E-state index contributed by atoms with van der Waals surface area (Å²) >= 11 is 7.19. The van der Waals surface area contributed by atoms with Crippen molar-refractivity contribution in [1.82, 2.24) is 15.4 Å². The summed E-state index contributed by atoms with van der Waals surface area (Å²) in [6.45, 7) is 1.83. The van der Waals surface area contributed by atoms with Crippen molar-refractivity contribution in [3.8, 4) is 0 Å². The van der Waals surface area contributed by atoms with Gasteiger partial charge in [-0.25, -0.2) is 10.4 Å². The summed E-state index contributed by atoms with van der Waals surface area (Å²) in [6, 6.07) is 15.0. The van der Waals surface area contributed by atoms with Gasteiger partial charge in [-0.1, -0.05) is 47.6 Å².